The standard InChI is InChI=1S/C14H10O4S/c15-19(16,17)14-5-1-3-10-9-11(6-7-12(10)14)13-4-2-8-18-13/h1-9H,(H,15,16,17). The first kappa shape index (κ1) is 12.0. The van der Waals surface area contributed by atoms with Crippen LogP contribution in [0, 0.1) is 0 Å². The molecule has 0 unspecified atom stereocenters. The molecule has 0 spiro atoms. The van der Waals surface area contributed by atoms with Gasteiger partial charge in [-0.1, -0.05) is 24.3 Å². The lowest BCUT2D eigenvalue weighted by atomic mass is 10.1. The lowest BCUT2D eigenvalue weighted by molar-refractivity contribution is 0.484. The number of rotatable bonds is 2. The van der Waals surface area contributed by atoms with Gasteiger partial charge in [-0.15, -0.1) is 0 Å². The summed E-state index contributed by atoms with van der Waals surface area (Å²) in [5.41, 5.74) is 0.852. The van der Waals surface area contributed by atoms with Gasteiger partial charge in [0.05, 0.1) is 6.26 Å². The van der Waals surface area contributed by atoms with Crippen LogP contribution in [0.25, 0.3) is 22.1 Å². The smallest absolute Gasteiger partial charge is 0.295 e. The van der Waals surface area contributed by atoms with Crippen LogP contribution in [0.4, 0.5) is 0 Å². The van der Waals surface area contributed by atoms with Crippen LogP contribution in [-0.4, -0.2) is 13.0 Å². The van der Waals surface area contributed by atoms with E-state index in [1.165, 1.54) is 6.07 Å². The molecule has 1 heterocycles. The van der Waals surface area contributed by atoms with Crippen molar-refractivity contribution >= 4 is 20.9 Å². The zero-order valence-electron chi connectivity index (χ0n) is 9.78. The number of furan rings is 1. The summed E-state index contributed by atoms with van der Waals surface area (Å²) in [4.78, 5) is -0.0870. The van der Waals surface area contributed by atoms with E-state index in [-0.39, 0.29) is 4.90 Å². The van der Waals surface area contributed by atoms with E-state index in [1.807, 2.05) is 12.1 Å². The number of hydrogen-bond donors (Lipinski definition) is 1. The van der Waals surface area contributed by atoms with E-state index in [2.05, 4.69) is 0 Å². The maximum absolute atomic E-state index is 11.3. The Bertz CT molecular complexity index is 833. The molecule has 0 fully saturated rings. The second-order valence-corrected chi connectivity index (χ2v) is 5.53. The summed E-state index contributed by atoms with van der Waals surface area (Å²) in [6.45, 7) is 0. The van der Waals surface area contributed by atoms with E-state index in [1.54, 1.807) is 36.6 Å². The molecule has 4 nitrogen and oxygen atoms in total. The Morgan fingerprint density at radius 1 is 1.00 bits per heavy atom. The molecule has 19 heavy (non-hydrogen) atoms. The minimum Gasteiger partial charge on any atom is -0.464 e. The summed E-state index contributed by atoms with van der Waals surface area (Å²) >= 11 is 0. The Kier molecular flexibility index (Phi) is 2.66. The van der Waals surface area contributed by atoms with Crippen molar-refractivity contribution in [1.29, 1.82) is 0 Å². The summed E-state index contributed by atoms with van der Waals surface area (Å²) in [6, 6.07) is 13.6. The molecule has 1 N–H and O–H groups in total. The van der Waals surface area contributed by atoms with Crippen molar-refractivity contribution in [3.63, 3.8) is 0 Å². The highest BCUT2D eigenvalue weighted by atomic mass is 32.2. The van der Waals surface area contributed by atoms with E-state index in [4.69, 9.17) is 4.42 Å². The Balaban J connectivity index is 2.27. The van der Waals surface area contributed by atoms with Gasteiger partial charge in [0, 0.05) is 10.9 Å². The molecule has 2 aromatic carbocycles. The largest absolute Gasteiger partial charge is 0.464 e. The molecule has 5 heteroatoms. The van der Waals surface area contributed by atoms with Crippen LogP contribution in [-0.2, 0) is 10.1 Å². The SMILES string of the molecule is O=S(=O)(O)c1cccc2cc(-c3ccco3)ccc12. The van der Waals surface area contributed by atoms with E-state index in [9.17, 15) is 13.0 Å². The summed E-state index contributed by atoms with van der Waals surface area (Å²) in [5, 5.41) is 1.21. The molecular formula is C14H10O4S. The van der Waals surface area contributed by atoms with Gasteiger partial charge in [-0.25, -0.2) is 0 Å². The van der Waals surface area contributed by atoms with Crippen LogP contribution in [0.3, 0.4) is 0 Å². The zero-order chi connectivity index (χ0) is 13.5. The van der Waals surface area contributed by atoms with Crippen LogP contribution >= 0.6 is 0 Å². The summed E-state index contributed by atoms with van der Waals surface area (Å²) in [6.07, 6.45) is 1.58. The fourth-order valence-electron chi connectivity index (χ4n) is 2.07. The van der Waals surface area contributed by atoms with E-state index in [0.717, 1.165) is 10.9 Å². The van der Waals surface area contributed by atoms with Gasteiger partial charge in [0.15, 0.2) is 0 Å². The van der Waals surface area contributed by atoms with Crippen molar-refractivity contribution in [3.8, 4) is 11.3 Å². The van der Waals surface area contributed by atoms with Gasteiger partial charge in [0.2, 0.25) is 0 Å². The number of benzene rings is 2. The van der Waals surface area contributed by atoms with Gasteiger partial charge >= 0.3 is 0 Å². The Labute approximate surface area is 110 Å². The first-order valence-corrected chi connectivity index (χ1v) is 7.04. The molecule has 0 radical (unpaired) electrons. The van der Waals surface area contributed by atoms with Crippen molar-refractivity contribution < 1.29 is 17.4 Å². The molecule has 0 amide bonds. The average molecular weight is 274 g/mol. The first-order chi connectivity index (χ1) is 9.05. The third kappa shape index (κ3) is 2.14. The quantitative estimate of drug-likeness (QED) is 0.728. The minimum absolute atomic E-state index is 0.0870. The van der Waals surface area contributed by atoms with Crippen molar-refractivity contribution in [2.24, 2.45) is 0 Å². The maximum atomic E-state index is 11.3. The highest BCUT2D eigenvalue weighted by Crippen LogP contribution is 2.28. The molecule has 1 aromatic heterocycles. The van der Waals surface area contributed by atoms with Crippen LogP contribution in [0.5, 0.6) is 0 Å². The second-order valence-electron chi connectivity index (χ2n) is 4.14. The highest BCUT2D eigenvalue weighted by molar-refractivity contribution is 7.86. The summed E-state index contributed by atoms with van der Waals surface area (Å²) < 4.78 is 37.1. The lowest BCUT2D eigenvalue weighted by Crippen LogP contribution is -1.98. The molecule has 96 valence electrons. The van der Waals surface area contributed by atoms with Gasteiger partial charge < -0.3 is 4.42 Å². The molecule has 0 saturated carbocycles. The topological polar surface area (TPSA) is 67.5 Å². The molecule has 0 bridgehead atoms. The predicted octanol–water partition coefficient (Wildman–Crippen LogP) is 3.35. The summed E-state index contributed by atoms with van der Waals surface area (Å²) in [7, 11) is -4.22. The lowest BCUT2D eigenvalue weighted by Gasteiger charge is -2.05. The normalized spacial score (nSPS) is 11.8. The molecule has 0 aliphatic carbocycles. The van der Waals surface area contributed by atoms with E-state index < -0.39 is 10.1 Å². The number of hydrogen-bond acceptors (Lipinski definition) is 3. The zero-order valence-corrected chi connectivity index (χ0v) is 10.6. The summed E-state index contributed by atoms with van der Waals surface area (Å²) in [5.74, 6) is 0.708. The molecule has 3 rings (SSSR count). The monoisotopic (exact) mass is 274 g/mol. The fraction of sp³-hybridized carbons (Fsp3) is 0. The predicted molar refractivity (Wildman–Crippen MR) is 71.5 cm³/mol. The minimum atomic E-state index is -4.22. The number of fused-ring (bicyclic) bond motifs is 1. The van der Waals surface area contributed by atoms with Gasteiger partial charge in [0.25, 0.3) is 10.1 Å². The van der Waals surface area contributed by atoms with Crippen molar-refractivity contribution in [2.75, 3.05) is 0 Å². The van der Waals surface area contributed by atoms with Crippen molar-refractivity contribution in [1.82, 2.24) is 0 Å². The van der Waals surface area contributed by atoms with Gasteiger partial charge in [-0.05, 0) is 29.7 Å². The Morgan fingerprint density at radius 3 is 2.53 bits per heavy atom. The van der Waals surface area contributed by atoms with Gasteiger partial charge in [0.1, 0.15) is 10.7 Å². The van der Waals surface area contributed by atoms with Crippen molar-refractivity contribution in [3.05, 3.63) is 54.8 Å². The Hall–Kier alpha value is -2.11. The second kappa shape index (κ2) is 4.22. The van der Waals surface area contributed by atoms with E-state index >= 15 is 0 Å². The van der Waals surface area contributed by atoms with Crippen molar-refractivity contribution in [2.45, 2.75) is 4.90 Å². The highest BCUT2D eigenvalue weighted by Gasteiger charge is 2.14. The molecule has 0 aliphatic heterocycles. The maximum Gasteiger partial charge on any atom is 0.295 e. The third-order valence-corrected chi connectivity index (χ3v) is 3.84. The third-order valence-electron chi connectivity index (χ3n) is 2.92. The van der Waals surface area contributed by atoms with Gasteiger partial charge in [-0.2, -0.15) is 8.42 Å². The first-order valence-electron chi connectivity index (χ1n) is 5.60. The van der Waals surface area contributed by atoms with Crippen LogP contribution < -0.4 is 0 Å². The molecular weight excluding hydrogens is 264 g/mol. The fourth-order valence-corrected chi connectivity index (χ4v) is 2.79. The van der Waals surface area contributed by atoms with E-state index in [0.29, 0.717) is 11.1 Å². The van der Waals surface area contributed by atoms with Crippen LogP contribution in [0.1, 0.15) is 0 Å². The van der Waals surface area contributed by atoms with Crippen LogP contribution in [0.15, 0.2) is 64.1 Å². The average Bonchev–Trinajstić information content (AvgIpc) is 2.90. The van der Waals surface area contributed by atoms with Gasteiger partial charge in [-0.3, -0.25) is 4.55 Å². The molecule has 0 atom stereocenters. The molecule has 3 aromatic rings. The Morgan fingerprint density at radius 2 is 1.84 bits per heavy atom. The molecule has 0 saturated heterocycles. The molecule has 0 aliphatic rings. The van der Waals surface area contributed by atoms with Crippen LogP contribution in [0.2, 0.25) is 0 Å².